The molecule has 0 saturated heterocycles. The third-order valence-electron chi connectivity index (χ3n) is 5.03. The van der Waals surface area contributed by atoms with Crippen molar-refractivity contribution in [2.24, 2.45) is 5.92 Å². The Morgan fingerprint density at radius 1 is 1.19 bits per heavy atom. The molecule has 0 bridgehead atoms. The Morgan fingerprint density at radius 3 is 2.42 bits per heavy atom. The molecule has 146 valence electrons. The van der Waals surface area contributed by atoms with Crippen molar-refractivity contribution in [1.29, 1.82) is 0 Å². The van der Waals surface area contributed by atoms with Crippen LogP contribution in [0.4, 0.5) is 0 Å². The van der Waals surface area contributed by atoms with E-state index in [0.717, 1.165) is 12.8 Å². The fourth-order valence-corrected chi connectivity index (χ4v) is 5.09. The molecule has 26 heavy (non-hydrogen) atoms. The second-order valence-corrected chi connectivity index (χ2v) is 8.58. The largest absolute Gasteiger partial charge is 0.495 e. The number of nitrogens with zero attached hydrogens (tertiary/aromatic N) is 1. The maximum Gasteiger partial charge on any atom is 0.251 e. The molecule has 7 heteroatoms. The first kappa shape index (κ1) is 20.7. The normalized spacial score (nSPS) is 15.8. The first-order valence-electron chi connectivity index (χ1n) is 9.40. The van der Waals surface area contributed by atoms with Gasteiger partial charge in [-0.1, -0.05) is 33.1 Å². The molecule has 0 radical (unpaired) electrons. The fraction of sp³-hybridized carbons (Fsp3) is 0.632. The number of benzene rings is 1. The van der Waals surface area contributed by atoms with Crippen molar-refractivity contribution in [2.75, 3.05) is 26.7 Å². The second-order valence-electron chi connectivity index (χ2n) is 6.67. The standard InChI is InChI=1S/C19H30N2O4S/c1-4-21(5-2)26(23,24)18-13-16(11-12-17(18)25-3)19(22)20-14-15-9-7-6-8-10-15/h11-13,15H,4-10,14H2,1-3H3,(H,20,22). The number of rotatable bonds is 8. The Labute approximate surface area is 157 Å². The Bertz CT molecular complexity index is 708. The van der Waals surface area contributed by atoms with Crippen molar-refractivity contribution in [3.63, 3.8) is 0 Å². The third kappa shape index (κ3) is 4.76. The Morgan fingerprint density at radius 2 is 1.85 bits per heavy atom. The summed E-state index contributed by atoms with van der Waals surface area (Å²) in [6, 6.07) is 4.57. The van der Waals surface area contributed by atoms with E-state index in [-0.39, 0.29) is 16.6 Å². The number of carbonyl (C=O) groups is 1. The zero-order chi connectivity index (χ0) is 19.2. The van der Waals surface area contributed by atoms with Crippen LogP contribution in [0.1, 0.15) is 56.3 Å². The summed E-state index contributed by atoms with van der Waals surface area (Å²) < 4.78 is 32.3. The topological polar surface area (TPSA) is 75.7 Å². The van der Waals surface area contributed by atoms with E-state index < -0.39 is 10.0 Å². The van der Waals surface area contributed by atoms with Crippen LogP contribution in [-0.4, -0.2) is 45.4 Å². The molecule has 1 aromatic rings. The minimum absolute atomic E-state index is 0.0361. The lowest BCUT2D eigenvalue weighted by Crippen LogP contribution is -2.32. The average Bonchev–Trinajstić information content (AvgIpc) is 2.67. The molecule has 1 aromatic carbocycles. The number of hydrogen-bond donors (Lipinski definition) is 1. The van der Waals surface area contributed by atoms with Gasteiger partial charge in [0.05, 0.1) is 7.11 Å². The molecule has 2 rings (SSSR count). The molecule has 1 amide bonds. The maximum absolute atomic E-state index is 12.9. The zero-order valence-electron chi connectivity index (χ0n) is 16.0. The Kier molecular flexibility index (Phi) is 7.46. The maximum atomic E-state index is 12.9. The smallest absolute Gasteiger partial charge is 0.251 e. The summed E-state index contributed by atoms with van der Waals surface area (Å²) in [4.78, 5) is 12.6. The van der Waals surface area contributed by atoms with Gasteiger partial charge in [-0.15, -0.1) is 0 Å². The highest BCUT2D eigenvalue weighted by atomic mass is 32.2. The van der Waals surface area contributed by atoms with Gasteiger partial charge in [-0.2, -0.15) is 4.31 Å². The SMILES string of the molecule is CCN(CC)S(=O)(=O)c1cc(C(=O)NCC2CCCCC2)ccc1OC. The van der Waals surface area contributed by atoms with Crippen LogP contribution in [0.2, 0.25) is 0 Å². The lowest BCUT2D eigenvalue weighted by atomic mass is 9.89. The zero-order valence-corrected chi connectivity index (χ0v) is 16.8. The van der Waals surface area contributed by atoms with E-state index in [1.54, 1.807) is 26.0 Å². The Balaban J connectivity index is 2.21. The molecule has 0 aromatic heterocycles. The Hall–Kier alpha value is -1.60. The molecule has 1 fully saturated rings. The first-order valence-corrected chi connectivity index (χ1v) is 10.8. The van der Waals surface area contributed by atoms with Crippen molar-refractivity contribution in [1.82, 2.24) is 9.62 Å². The monoisotopic (exact) mass is 382 g/mol. The molecule has 1 aliphatic carbocycles. The van der Waals surface area contributed by atoms with Gasteiger partial charge in [0.2, 0.25) is 10.0 Å². The second kappa shape index (κ2) is 9.37. The highest BCUT2D eigenvalue weighted by Crippen LogP contribution is 2.28. The highest BCUT2D eigenvalue weighted by Gasteiger charge is 2.27. The van der Waals surface area contributed by atoms with E-state index in [2.05, 4.69) is 5.32 Å². The van der Waals surface area contributed by atoms with Crippen LogP contribution in [0.25, 0.3) is 0 Å². The molecule has 0 heterocycles. The first-order chi connectivity index (χ1) is 12.4. The number of nitrogens with one attached hydrogen (secondary N) is 1. The van der Waals surface area contributed by atoms with Crippen LogP contribution in [0.5, 0.6) is 5.75 Å². The minimum atomic E-state index is -3.71. The van der Waals surface area contributed by atoms with Crippen molar-refractivity contribution in [3.8, 4) is 5.75 Å². The van der Waals surface area contributed by atoms with Crippen LogP contribution < -0.4 is 10.1 Å². The van der Waals surface area contributed by atoms with Crippen molar-refractivity contribution in [3.05, 3.63) is 23.8 Å². The van der Waals surface area contributed by atoms with E-state index in [1.165, 1.54) is 36.7 Å². The van der Waals surface area contributed by atoms with Crippen LogP contribution in [-0.2, 0) is 10.0 Å². The number of hydrogen-bond acceptors (Lipinski definition) is 4. The van der Waals surface area contributed by atoms with E-state index in [4.69, 9.17) is 4.74 Å². The minimum Gasteiger partial charge on any atom is -0.495 e. The summed E-state index contributed by atoms with van der Waals surface area (Å²) in [5, 5.41) is 2.95. The van der Waals surface area contributed by atoms with Gasteiger partial charge in [0.1, 0.15) is 10.6 Å². The molecule has 0 unspecified atom stereocenters. The van der Waals surface area contributed by atoms with Gasteiger partial charge in [-0.05, 0) is 37.0 Å². The van der Waals surface area contributed by atoms with Gasteiger partial charge >= 0.3 is 0 Å². The molecule has 1 aliphatic rings. The van der Waals surface area contributed by atoms with Crippen LogP contribution in [0.15, 0.2) is 23.1 Å². The van der Waals surface area contributed by atoms with Gasteiger partial charge in [-0.3, -0.25) is 4.79 Å². The molecule has 0 aliphatic heterocycles. The number of carbonyl (C=O) groups excluding carboxylic acids is 1. The molecule has 0 atom stereocenters. The molecular formula is C19H30N2O4S. The molecule has 1 N–H and O–H groups in total. The van der Waals surface area contributed by atoms with Crippen molar-refractivity contribution in [2.45, 2.75) is 50.8 Å². The summed E-state index contributed by atoms with van der Waals surface area (Å²) in [6.45, 7) is 4.94. The average molecular weight is 383 g/mol. The molecule has 1 saturated carbocycles. The van der Waals surface area contributed by atoms with Crippen molar-refractivity contribution >= 4 is 15.9 Å². The summed E-state index contributed by atoms with van der Waals surface area (Å²) >= 11 is 0. The van der Waals surface area contributed by atoms with Gasteiger partial charge in [-0.25, -0.2) is 8.42 Å². The highest BCUT2D eigenvalue weighted by molar-refractivity contribution is 7.89. The molecule has 6 nitrogen and oxygen atoms in total. The van der Waals surface area contributed by atoms with Gasteiger partial charge in [0.15, 0.2) is 0 Å². The lowest BCUT2D eigenvalue weighted by Gasteiger charge is -2.22. The van der Waals surface area contributed by atoms with E-state index in [1.807, 2.05) is 0 Å². The number of sulfonamides is 1. The summed E-state index contributed by atoms with van der Waals surface area (Å²) in [5.74, 6) is 0.528. The van der Waals surface area contributed by atoms with Gasteiger partial charge in [0, 0.05) is 25.2 Å². The van der Waals surface area contributed by atoms with Gasteiger partial charge < -0.3 is 10.1 Å². The van der Waals surface area contributed by atoms with E-state index in [9.17, 15) is 13.2 Å². The summed E-state index contributed by atoms with van der Waals surface area (Å²) in [6.07, 6.45) is 6.00. The van der Waals surface area contributed by atoms with Gasteiger partial charge in [0.25, 0.3) is 5.91 Å². The molecular weight excluding hydrogens is 352 g/mol. The van der Waals surface area contributed by atoms with Crippen LogP contribution in [0.3, 0.4) is 0 Å². The summed E-state index contributed by atoms with van der Waals surface area (Å²) in [7, 11) is -2.28. The predicted molar refractivity (Wildman–Crippen MR) is 102 cm³/mol. The number of amides is 1. The lowest BCUT2D eigenvalue weighted by molar-refractivity contribution is 0.0943. The summed E-state index contributed by atoms with van der Waals surface area (Å²) in [5.41, 5.74) is 0.340. The number of methoxy groups -OCH3 is 1. The quantitative estimate of drug-likeness (QED) is 0.750. The van der Waals surface area contributed by atoms with E-state index in [0.29, 0.717) is 31.1 Å². The van der Waals surface area contributed by atoms with E-state index >= 15 is 0 Å². The predicted octanol–water partition coefficient (Wildman–Crippen LogP) is 3.04. The van der Waals surface area contributed by atoms with Crippen LogP contribution in [0, 0.1) is 5.92 Å². The van der Waals surface area contributed by atoms with Crippen LogP contribution >= 0.6 is 0 Å². The number of ether oxygens (including phenoxy) is 1. The molecule has 0 spiro atoms. The van der Waals surface area contributed by atoms with Crippen molar-refractivity contribution < 1.29 is 17.9 Å². The third-order valence-corrected chi connectivity index (χ3v) is 7.10. The fourth-order valence-electron chi connectivity index (χ4n) is 3.45.